The average molecular weight is 304 g/mol. The van der Waals surface area contributed by atoms with Crippen molar-refractivity contribution in [1.29, 1.82) is 0 Å². The lowest BCUT2D eigenvalue weighted by Crippen LogP contribution is -2.41. The molecule has 2 fully saturated rings. The molecule has 0 spiro atoms. The van der Waals surface area contributed by atoms with Gasteiger partial charge in [-0.05, 0) is 52.1 Å². The molecule has 0 unspecified atom stereocenters. The summed E-state index contributed by atoms with van der Waals surface area (Å²) in [7, 11) is -0.585. The number of nitrogens with one attached hydrogen (secondary N) is 1. The summed E-state index contributed by atoms with van der Waals surface area (Å²) in [5, 5.41) is 14.5. The first kappa shape index (κ1) is 15.3. The van der Waals surface area contributed by atoms with E-state index in [0.717, 1.165) is 12.8 Å². The molecule has 22 heavy (non-hydrogen) atoms. The van der Waals surface area contributed by atoms with Crippen LogP contribution >= 0.6 is 0 Å². The molecule has 0 atom stereocenters. The van der Waals surface area contributed by atoms with Crippen LogP contribution in [0.15, 0.2) is 18.2 Å². The topological polar surface area (TPSA) is 73.6 Å². The predicted molar refractivity (Wildman–Crippen MR) is 85.5 cm³/mol. The molecule has 0 bridgehead atoms. The van der Waals surface area contributed by atoms with Gasteiger partial charge in [-0.3, -0.25) is 10.1 Å². The van der Waals surface area contributed by atoms with Crippen LogP contribution in [0.5, 0.6) is 0 Å². The first-order valence-electron chi connectivity index (χ1n) is 7.60. The Bertz CT molecular complexity index is 598. The van der Waals surface area contributed by atoms with Crippen molar-refractivity contribution in [2.45, 2.75) is 57.8 Å². The molecule has 1 saturated heterocycles. The Morgan fingerprint density at radius 1 is 1.23 bits per heavy atom. The molecule has 1 N–H and O–H groups in total. The third-order valence-corrected chi connectivity index (χ3v) is 4.68. The molecular weight excluding hydrogens is 283 g/mol. The molecular formula is C15H21BN2O4. The molecule has 1 aromatic rings. The van der Waals surface area contributed by atoms with Gasteiger partial charge in [-0.1, -0.05) is 6.07 Å². The second-order valence-corrected chi connectivity index (χ2v) is 7.04. The van der Waals surface area contributed by atoms with E-state index < -0.39 is 18.3 Å². The molecule has 1 saturated carbocycles. The molecule has 1 aliphatic carbocycles. The van der Waals surface area contributed by atoms with Gasteiger partial charge >= 0.3 is 7.12 Å². The van der Waals surface area contributed by atoms with Gasteiger partial charge in [-0.2, -0.15) is 0 Å². The largest absolute Gasteiger partial charge is 0.495 e. The van der Waals surface area contributed by atoms with Crippen molar-refractivity contribution in [3.63, 3.8) is 0 Å². The van der Waals surface area contributed by atoms with Crippen molar-refractivity contribution in [2.75, 3.05) is 5.32 Å². The van der Waals surface area contributed by atoms with Gasteiger partial charge in [-0.15, -0.1) is 0 Å². The summed E-state index contributed by atoms with van der Waals surface area (Å²) in [6.45, 7) is 7.85. The number of nitrogens with zero attached hydrogens (tertiary/aromatic N) is 1. The van der Waals surface area contributed by atoms with E-state index in [0.29, 0.717) is 17.2 Å². The number of anilines is 1. The number of hydrogen-bond acceptors (Lipinski definition) is 5. The monoisotopic (exact) mass is 304 g/mol. The maximum Gasteiger partial charge on any atom is 0.495 e. The van der Waals surface area contributed by atoms with E-state index in [-0.39, 0.29) is 10.6 Å². The quantitative estimate of drug-likeness (QED) is 0.525. The van der Waals surface area contributed by atoms with Crippen molar-refractivity contribution in [2.24, 2.45) is 0 Å². The Morgan fingerprint density at radius 2 is 1.82 bits per heavy atom. The zero-order valence-corrected chi connectivity index (χ0v) is 13.4. The minimum atomic E-state index is -0.585. The summed E-state index contributed by atoms with van der Waals surface area (Å²) in [4.78, 5) is 11.0. The smallest absolute Gasteiger partial charge is 0.399 e. The Hall–Kier alpha value is -1.60. The van der Waals surface area contributed by atoms with Crippen LogP contribution in [-0.4, -0.2) is 29.3 Å². The molecule has 6 nitrogen and oxygen atoms in total. The molecule has 2 aliphatic rings. The lowest BCUT2D eigenvalue weighted by molar-refractivity contribution is -0.383. The molecule has 1 heterocycles. The molecule has 3 rings (SSSR count). The van der Waals surface area contributed by atoms with E-state index in [9.17, 15) is 10.1 Å². The SMILES string of the molecule is CC1(C)OB(c2ccc(NC3CC3)c([N+](=O)[O-])c2)OC1(C)C. The van der Waals surface area contributed by atoms with Crippen LogP contribution in [0.3, 0.4) is 0 Å². The molecule has 0 radical (unpaired) electrons. The maximum atomic E-state index is 11.3. The second-order valence-electron chi connectivity index (χ2n) is 7.04. The average Bonchev–Trinajstić information content (AvgIpc) is 3.17. The van der Waals surface area contributed by atoms with E-state index in [4.69, 9.17) is 9.31 Å². The molecule has 0 amide bonds. The van der Waals surface area contributed by atoms with Crippen LogP contribution in [-0.2, 0) is 9.31 Å². The Kier molecular flexibility index (Phi) is 3.45. The van der Waals surface area contributed by atoms with Gasteiger partial charge in [0.2, 0.25) is 0 Å². The number of benzene rings is 1. The minimum absolute atomic E-state index is 0.0686. The van der Waals surface area contributed by atoms with Crippen LogP contribution in [0.4, 0.5) is 11.4 Å². The lowest BCUT2D eigenvalue weighted by Gasteiger charge is -2.32. The highest BCUT2D eigenvalue weighted by molar-refractivity contribution is 6.62. The van der Waals surface area contributed by atoms with E-state index in [1.54, 1.807) is 12.1 Å². The van der Waals surface area contributed by atoms with Crippen molar-refractivity contribution in [3.05, 3.63) is 28.3 Å². The highest BCUT2D eigenvalue weighted by Gasteiger charge is 2.52. The van der Waals surface area contributed by atoms with Crippen LogP contribution in [0.25, 0.3) is 0 Å². The van der Waals surface area contributed by atoms with E-state index in [1.807, 2.05) is 33.8 Å². The van der Waals surface area contributed by atoms with Gasteiger partial charge in [0.25, 0.3) is 5.69 Å². The summed E-state index contributed by atoms with van der Waals surface area (Å²) in [5.41, 5.74) is 0.382. The highest BCUT2D eigenvalue weighted by Crippen LogP contribution is 2.37. The lowest BCUT2D eigenvalue weighted by atomic mass is 9.79. The zero-order chi connectivity index (χ0) is 16.1. The van der Waals surface area contributed by atoms with Crippen LogP contribution in [0.1, 0.15) is 40.5 Å². The molecule has 0 aromatic heterocycles. The summed E-state index contributed by atoms with van der Waals surface area (Å²) >= 11 is 0. The van der Waals surface area contributed by atoms with Crippen LogP contribution < -0.4 is 10.8 Å². The van der Waals surface area contributed by atoms with Gasteiger partial charge in [0, 0.05) is 12.1 Å². The summed E-state index contributed by atoms with van der Waals surface area (Å²) in [6, 6.07) is 5.49. The standard InChI is InChI=1S/C15H21BN2O4/c1-14(2)15(3,4)22-16(21-14)10-5-8-12(17-11-6-7-11)13(9-10)18(19)20/h5,8-9,11,17H,6-7H2,1-4H3. The molecule has 118 valence electrons. The van der Waals surface area contributed by atoms with Crippen LogP contribution in [0.2, 0.25) is 0 Å². The van der Waals surface area contributed by atoms with Gasteiger partial charge in [-0.25, -0.2) is 0 Å². The van der Waals surface area contributed by atoms with Gasteiger partial charge in [0.15, 0.2) is 0 Å². The predicted octanol–water partition coefficient (Wildman–Crippen LogP) is 2.47. The van der Waals surface area contributed by atoms with E-state index in [1.165, 1.54) is 0 Å². The summed E-state index contributed by atoms with van der Waals surface area (Å²) < 4.78 is 11.9. The van der Waals surface area contributed by atoms with Crippen LogP contribution in [0, 0.1) is 10.1 Å². The van der Waals surface area contributed by atoms with Crippen molar-refractivity contribution >= 4 is 24.0 Å². The Morgan fingerprint density at radius 3 is 2.32 bits per heavy atom. The van der Waals surface area contributed by atoms with Crippen molar-refractivity contribution in [1.82, 2.24) is 0 Å². The normalized spacial score (nSPS) is 22.6. The fourth-order valence-electron chi connectivity index (χ4n) is 2.40. The Balaban J connectivity index is 1.89. The van der Waals surface area contributed by atoms with Gasteiger partial charge in [0.1, 0.15) is 5.69 Å². The minimum Gasteiger partial charge on any atom is -0.399 e. The number of nitro benzene ring substituents is 1. The summed E-state index contributed by atoms with van der Waals surface area (Å²) in [6.07, 6.45) is 2.13. The Labute approximate surface area is 130 Å². The second kappa shape index (κ2) is 4.96. The highest BCUT2D eigenvalue weighted by atomic mass is 16.7. The van der Waals surface area contributed by atoms with E-state index in [2.05, 4.69) is 5.32 Å². The first-order valence-corrected chi connectivity index (χ1v) is 7.60. The molecule has 7 heteroatoms. The van der Waals surface area contributed by atoms with Gasteiger partial charge in [0.05, 0.1) is 16.1 Å². The fraction of sp³-hybridized carbons (Fsp3) is 0.600. The van der Waals surface area contributed by atoms with Crippen molar-refractivity contribution in [3.8, 4) is 0 Å². The third-order valence-electron chi connectivity index (χ3n) is 4.68. The number of rotatable bonds is 4. The fourth-order valence-corrected chi connectivity index (χ4v) is 2.40. The third kappa shape index (κ3) is 2.70. The van der Waals surface area contributed by atoms with Crippen molar-refractivity contribution < 1.29 is 14.2 Å². The summed E-state index contributed by atoms with van der Waals surface area (Å²) in [5.74, 6) is 0. The van der Waals surface area contributed by atoms with Gasteiger partial charge < -0.3 is 14.6 Å². The first-order chi connectivity index (χ1) is 10.2. The zero-order valence-electron chi connectivity index (χ0n) is 13.4. The maximum absolute atomic E-state index is 11.3. The van der Waals surface area contributed by atoms with E-state index >= 15 is 0 Å². The molecule has 1 aliphatic heterocycles. The number of hydrogen-bond donors (Lipinski definition) is 1. The number of nitro groups is 1. The molecule has 1 aromatic carbocycles.